The summed E-state index contributed by atoms with van der Waals surface area (Å²) in [6, 6.07) is 0. The van der Waals surface area contributed by atoms with E-state index in [2.05, 4.69) is 32.6 Å². The van der Waals surface area contributed by atoms with Crippen LogP contribution in [0.3, 0.4) is 0 Å². The highest BCUT2D eigenvalue weighted by atomic mass is 16.5. The number of aliphatic carboxylic acids is 1. The number of unbranched alkanes of at least 4 members (excludes halogenated alkanes) is 10. The van der Waals surface area contributed by atoms with Gasteiger partial charge in [0.1, 0.15) is 0 Å². The van der Waals surface area contributed by atoms with E-state index in [1.165, 1.54) is 70.6 Å². The van der Waals surface area contributed by atoms with Crippen molar-refractivity contribution in [1.82, 2.24) is 4.90 Å². The van der Waals surface area contributed by atoms with Gasteiger partial charge in [0.2, 0.25) is 0 Å². The van der Waals surface area contributed by atoms with E-state index < -0.39 is 11.9 Å². The Morgan fingerprint density at radius 2 is 1.21 bits per heavy atom. The zero-order valence-corrected chi connectivity index (χ0v) is 23.1. The molecule has 1 unspecified atom stereocenters. The number of hydrogen-bond donors (Lipinski definition) is 1. The number of hydrogen-bond acceptors (Lipinski definition) is 4. The van der Waals surface area contributed by atoms with Crippen LogP contribution in [0.15, 0.2) is 0 Å². The van der Waals surface area contributed by atoms with E-state index in [0.29, 0.717) is 13.0 Å². The summed E-state index contributed by atoms with van der Waals surface area (Å²) in [4.78, 5) is 26.2. The van der Waals surface area contributed by atoms with Gasteiger partial charge in [0.05, 0.1) is 18.9 Å². The first-order chi connectivity index (χ1) is 16.4. The lowest BCUT2D eigenvalue weighted by Crippen LogP contribution is -2.27. The third-order valence-electron chi connectivity index (χ3n) is 6.61. The maximum absolute atomic E-state index is 12.5. The van der Waals surface area contributed by atoms with Gasteiger partial charge in [0.25, 0.3) is 0 Å². The van der Waals surface area contributed by atoms with Crippen LogP contribution in [0.5, 0.6) is 0 Å². The van der Waals surface area contributed by atoms with Crippen molar-refractivity contribution >= 4 is 11.9 Å². The molecule has 1 atom stereocenters. The lowest BCUT2D eigenvalue weighted by molar-refractivity contribution is -0.153. The van der Waals surface area contributed by atoms with Crippen LogP contribution >= 0.6 is 0 Å². The maximum Gasteiger partial charge on any atom is 0.309 e. The summed E-state index contributed by atoms with van der Waals surface area (Å²) in [6.45, 7) is 12.7. The smallest absolute Gasteiger partial charge is 0.309 e. The van der Waals surface area contributed by atoms with Gasteiger partial charge in [-0.2, -0.15) is 0 Å². The zero-order valence-electron chi connectivity index (χ0n) is 23.1. The van der Waals surface area contributed by atoms with Crippen LogP contribution < -0.4 is 0 Å². The number of carbonyl (C=O) groups is 2. The molecule has 0 fully saturated rings. The highest BCUT2D eigenvalue weighted by Crippen LogP contribution is 2.17. The number of carboxylic acid groups (broad SMARTS) is 1. The van der Waals surface area contributed by atoms with Crippen molar-refractivity contribution < 1.29 is 19.4 Å². The van der Waals surface area contributed by atoms with Crippen molar-refractivity contribution in [3.05, 3.63) is 0 Å². The van der Waals surface area contributed by atoms with E-state index >= 15 is 0 Å². The molecule has 0 amide bonds. The Balaban J connectivity index is 4.01. The van der Waals surface area contributed by atoms with Crippen molar-refractivity contribution in [2.45, 2.75) is 137 Å². The lowest BCUT2D eigenvalue weighted by Gasteiger charge is -2.22. The van der Waals surface area contributed by atoms with Gasteiger partial charge >= 0.3 is 11.9 Å². The molecule has 202 valence electrons. The Morgan fingerprint density at radius 1 is 0.706 bits per heavy atom. The first kappa shape index (κ1) is 32.9. The van der Waals surface area contributed by atoms with Crippen LogP contribution in [-0.2, 0) is 14.3 Å². The second kappa shape index (κ2) is 23.6. The van der Waals surface area contributed by atoms with Gasteiger partial charge in [-0.05, 0) is 57.7 Å². The molecule has 5 heteroatoms. The van der Waals surface area contributed by atoms with Gasteiger partial charge in [0.15, 0.2) is 0 Å². The standard InChI is InChI=1S/C29H57NO4/c1-5-7-21-30(22-8-6-2)23-17-16-20-27(25-28(31)32)29(33)34-24-18-14-12-10-9-11-13-15-19-26(3)4/h26-27H,5-25H2,1-4H3,(H,31,32). The highest BCUT2D eigenvalue weighted by molar-refractivity contribution is 5.79. The topological polar surface area (TPSA) is 66.8 Å². The Hall–Kier alpha value is -1.10. The fourth-order valence-corrected chi connectivity index (χ4v) is 4.34. The first-order valence-electron chi connectivity index (χ1n) is 14.5. The van der Waals surface area contributed by atoms with Crippen LogP contribution in [-0.4, -0.2) is 48.2 Å². The molecule has 0 radical (unpaired) electrons. The monoisotopic (exact) mass is 483 g/mol. The third kappa shape index (κ3) is 21.4. The summed E-state index contributed by atoms with van der Waals surface area (Å²) < 4.78 is 5.46. The quantitative estimate of drug-likeness (QED) is 0.106. The van der Waals surface area contributed by atoms with Crippen LogP contribution in [0.1, 0.15) is 137 Å². The van der Waals surface area contributed by atoms with Crippen LogP contribution in [0.25, 0.3) is 0 Å². The summed E-state index contributed by atoms with van der Waals surface area (Å²) in [6.07, 6.45) is 18.3. The zero-order chi connectivity index (χ0) is 25.4. The highest BCUT2D eigenvalue weighted by Gasteiger charge is 2.23. The fraction of sp³-hybridized carbons (Fsp3) is 0.931. The largest absolute Gasteiger partial charge is 0.481 e. The average Bonchev–Trinajstić information content (AvgIpc) is 2.79. The second-order valence-corrected chi connectivity index (χ2v) is 10.5. The second-order valence-electron chi connectivity index (χ2n) is 10.5. The number of nitrogens with zero attached hydrogens (tertiary/aromatic N) is 1. The molecule has 34 heavy (non-hydrogen) atoms. The SMILES string of the molecule is CCCCN(CCCC)CCCCC(CC(=O)O)C(=O)OCCCCCCCCCCC(C)C. The van der Waals surface area contributed by atoms with Crippen molar-refractivity contribution in [2.24, 2.45) is 11.8 Å². The predicted molar refractivity (Wildman–Crippen MR) is 143 cm³/mol. The Kier molecular flexibility index (Phi) is 22.9. The first-order valence-corrected chi connectivity index (χ1v) is 14.5. The summed E-state index contributed by atoms with van der Waals surface area (Å²) >= 11 is 0. The molecule has 0 saturated heterocycles. The van der Waals surface area contributed by atoms with Crippen LogP contribution in [0.4, 0.5) is 0 Å². The van der Waals surface area contributed by atoms with Crippen LogP contribution in [0, 0.1) is 11.8 Å². The van der Waals surface area contributed by atoms with E-state index in [9.17, 15) is 14.7 Å². The van der Waals surface area contributed by atoms with Gasteiger partial charge in [-0.1, -0.05) is 98.3 Å². The summed E-state index contributed by atoms with van der Waals surface area (Å²) in [5.41, 5.74) is 0. The van der Waals surface area contributed by atoms with Crippen LogP contribution in [0.2, 0.25) is 0 Å². The number of carbonyl (C=O) groups excluding carboxylic acids is 1. The summed E-state index contributed by atoms with van der Waals surface area (Å²) in [5.74, 6) is -0.929. The molecule has 0 bridgehead atoms. The Morgan fingerprint density at radius 3 is 1.74 bits per heavy atom. The maximum atomic E-state index is 12.5. The molecular formula is C29H57NO4. The van der Waals surface area contributed by atoms with E-state index in [-0.39, 0.29) is 12.4 Å². The van der Waals surface area contributed by atoms with E-state index in [0.717, 1.165) is 51.2 Å². The number of ether oxygens (including phenoxy) is 1. The molecule has 0 aliphatic carbocycles. The lowest BCUT2D eigenvalue weighted by atomic mass is 9.98. The Bertz CT molecular complexity index is 473. The third-order valence-corrected chi connectivity index (χ3v) is 6.61. The van der Waals surface area contributed by atoms with Crippen molar-refractivity contribution in [3.8, 4) is 0 Å². The van der Waals surface area contributed by atoms with Crippen molar-refractivity contribution in [3.63, 3.8) is 0 Å². The molecule has 0 saturated carbocycles. The Labute approximate surface area is 211 Å². The normalized spacial score (nSPS) is 12.4. The summed E-state index contributed by atoms with van der Waals surface area (Å²) in [7, 11) is 0. The van der Waals surface area contributed by atoms with Crippen molar-refractivity contribution in [2.75, 3.05) is 26.2 Å². The molecule has 1 N–H and O–H groups in total. The molecule has 0 aliphatic heterocycles. The molecule has 0 aromatic heterocycles. The minimum absolute atomic E-state index is 0.120. The van der Waals surface area contributed by atoms with Gasteiger partial charge in [-0.25, -0.2) is 0 Å². The molecule has 0 aliphatic rings. The van der Waals surface area contributed by atoms with Crippen molar-refractivity contribution in [1.29, 1.82) is 0 Å². The molecule has 0 spiro atoms. The number of rotatable bonds is 25. The van der Waals surface area contributed by atoms with E-state index in [1.807, 2.05) is 0 Å². The van der Waals surface area contributed by atoms with Gasteiger partial charge < -0.3 is 14.7 Å². The van der Waals surface area contributed by atoms with E-state index in [1.54, 1.807) is 0 Å². The fourth-order valence-electron chi connectivity index (χ4n) is 4.34. The number of esters is 1. The molecule has 5 nitrogen and oxygen atoms in total. The minimum Gasteiger partial charge on any atom is -0.481 e. The van der Waals surface area contributed by atoms with Gasteiger partial charge in [-0.15, -0.1) is 0 Å². The molecule has 0 heterocycles. The average molecular weight is 484 g/mol. The van der Waals surface area contributed by atoms with Gasteiger partial charge in [0, 0.05) is 0 Å². The molecule has 0 rings (SSSR count). The molecule has 0 aromatic carbocycles. The molecule has 0 aromatic rings. The van der Waals surface area contributed by atoms with Gasteiger partial charge in [-0.3, -0.25) is 9.59 Å². The minimum atomic E-state index is -0.914. The summed E-state index contributed by atoms with van der Waals surface area (Å²) in [5, 5.41) is 9.23. The molecular weight excluding hydrogens is 426 g/mol. The van der Waals surface area contributed by atoms with E-state index in [4.69, 9.17) is 4.74 Å². The number of carboxylic acids is 1. The predicted octanol–water partition coefficient (Wildman–Crippen LogP) is 7.86.